The van der Waals surface area contributed by atoms with Crippen LogP contribution in [-0.4, -0.2) is 37.0 Å². The molecule has 9 heteroatoms. The minimum atomic E-state index is -1.40. The van der Waals surface area contributed by atoms with Gasteiger partial charge in [0.1, 0.15) is 17.5 Å². The fourth-order valence-electron chi connectivity index (χ4n) is 2.00. The summed E-state index contributed by atoms with van der Waals surface area (Å²) in [6.45, 7) is 0. The summed E-state index contributed by atoms with van der Waals surface area (Å²) in [4.78, 5) is 30.2. The summed E-state index contributed by atoms with van der Waals surface area (Å²) in [5.74, 6) is -0.215. The first-order chi connectivity index (χ1) is 11.0. The van der Waals surface area contributed by atoms with Gasteiger partial charge in [-0.05, 0) is 18.2 Å². The number of nitrogens with two attached hydrogens (primary N) is 1. The van der Waals surface area contributed by atoms with Gasteiger partial charge >= 0.3 is 6.09 Å². The number of benzene rings is 1. The lowest BCUT2D eigenvalue weighted by atomic mass is 10.1. The maximum atomic E-state index is 10.6. The Hall–Kier alpha value is -3.13. The zero-order valence-corrected chi connectivity index (χ0v) is 12.3. The largest absolute Gasteiger partial charge is 0.463 e. The van der Waals surface area contributed by atoms with Crippen molar-refractivity contribution in [2.45, 2.75) is 0 Å². The SMILES string of the molecule is NC(=NC(=O)O)c1cc(-c2cc(Cl)c3nccnc3c2)ncn1. The zero-order valence-electron chi connectivity index (χ0n) is 11.5. The van der Waals surface area contributed by atoms with Gasteiger partial charge in [-0.2, -0.15) is 4.99 Å². The van der Waals surface area contributed by atoms with Crippen LogP contribution in [0, 0.1) is 0 Å². The summed E-state index contributed by atoms with van der Waals surface area (Å²) >= 11 is 6.21. The Bertz CT molecular complexity index is 943. The van der Waals surface area contributed by atoms with Crippen LogP contribution in [0.5, 0.6) is 0 Å². The topological polar surface area (TPSA) is 127 Å². The third kappa shape index (κ3) is 3.06. The van der Waals surface area contributed by atoms with Crippen molar-refractivity contribution >= 4 is 34.6 Å². The summed E-state index contributed by atoms with van der Waals surface area (Å²) in [6.07, 6.45) is 2.99. The van der Waals surface area contributed by atoms with E-state index in [1.54, 1.807) is 24.5 Å². The highest BCUT2D eigenvalue weighted by Gasteiger charge is 2.10. The maximum Gasteiger partial charge on any atom is 0.433 e. The number of hydrogen-bond donors (Lipinski definition) is 2. The number of fused-ring (bicyclic) bond motifs is 1. The molecule has 0 aliphatic carbocycles. The summed E-state index contributed by atoms with van der Waals surface area (Å²) in [5, 5.41) is 9.07. The second kappa shape index (κ2) is 5.93. The van der Waals surface area contributed by atoms with E-state index in [9.17, 15) is 4.79 Å². The Labute approximate surface area is 134 Å². The van der Waals surface area contributed by atoms with Crippen molar-refractivity contribution in [3.8, 4) is 11.3 Å². The van der Waals surface area contributed by atoms with Crippen molar-refractivity contribution in [3.05, 3.63) is 47.6 Å². The number of carboxylic acid groups (broad SMARTS) is 1. The van der Waals surface area contributed by atoms with Gasteiger partial charge in [0.2, 0.25) is 0 Å². The Balaban J connectivity index is 2.11. The third-order valence-electron chi connectivity index (χ3n) is 2.97. The smallest absolute Gasteiger partial charge is 0.433 e. The highest BCUT2D eigenvalue weighted by molar-refractivity contribution is 6.35. The van der Waals surface area contributed by atoms with Crippen molar-refractivity contribution in [2.24, 2.45) is 10.7 Å². The Morgan fingerprint density at radius 1 is 1.13 bits per heavy atom. The first-order valence-corrected chi connectivity index (χ1v) is 6.72. The van der Waals surface area contributed by atoms with E-state index in [4.69, 9.17) is 22.4 Å². The predicted molar refractivity (Wildman–Crippen MR) is 84.3 cm³/mol. The van der Waals surface area contributed by atoms with E-state index in [2.05, 4.69) is 24.9 Å². The van der Waals surface area contributed by atoms with Gasteiger partial charge in [-0.25, -0.2) is 14.8 Å². The number of amidine groups is 1. The fraction of sp³-hybridized carbons (Fsp3) is 0. The summed E-state index contributed by atoms with van der Waals surface area (Å²) in [7, 11) is 0. The molecule has 0 radical (unpaired) electrons. The highest BCUT2D eigenvalue weighted by atomic mass is 35.5. The molecular formula is C14H9ClN6O2. The molecular weight excluding hydrogens is 320 g/mol. The Morgan fingerprint density at radius 3 is 2.70 bits per heavy atom. The van der Waals surface area contributed by atoms with Gasteiger partial charge in [0.25, 0.3) is 0 Å². The minimum absolute atomic E-state index is 0.202. The average molecular weight is 329 g/mol. The van der Waals surface area contributed by atoms with Crippen molar-refractivity contribution in [1.29, 1.82) is 0 Å². The molecule has 0 aliphatic heterocycles. The quantitative estimate of drug-likeness (QED) is 0.544. The lowest BCUT2D eigenvalue weighted by Crippen LogP contribution is -2.17. The van der Waals surface area contributed by atoms with E-state index in [1.807, 2.05) is 0 Å². The van der Waals surface area contributed by atoms with Gasteiger partial charge in [-0.15, -0.1) is 0 Å². The van der Waals surface area contributed by atoms with Gasteiger partial charge in [0, 0.05) is 18.0 Å². The molecule has 0 fully saturated rings. The standard InChI is InChI=1S/C14H9ClN6O2/c15-8-3-7(4-10-12(8)18-2-1-17-10)9-5-11(20-6-19-9)13(16)21-14(22)23/h1-6H,(H2,16,21)(H,22,23). The first kappa shape index (κ1) is 14.8. The lowest BCUT2D eigenvalue weighted by Gasteiger charge is -2.06. The molecule has 0 saturated heterocycles. The molecule has 114 valence electrons. The summed E-state index contributed by atoms with van der Waals surface area (Å²) < 4.78 is 0. The molecule has 0 atom stereocenters. The van der Waals surface area contributed by atoms with Crippen LogP contribution in [0.25, 0.3) is 22.3 Å². The molecule has 2 aromatic heterocycles. The molecule has 3 aromatic rings. The van der Waals surface area contributed by atoms with Crippen molar-refractivity contribution < 1.29 is 9.90 Å². The zero-order chi connectivity index (χ0) is 16.4. The number of nitrogens with zero attached hydrogens (tertiary/aromatic N) is 5. The second-order valence-corrected chi connectivity index (χ2v) is 4.86. The van der Waals surface area contributed by atoms with E-state index < -0.39 is 6.09 Å². The molecule has 3 rings (SSSR count). The monoisotopic (exact) mass is 328 g/mol. The van der Waals surface area contributed by atoms with Crippen molar-refractivity contribution in [3.63, 3.8) is 0 Å². The van der Waals surface area contributed by atoms with Gasteiger partial charge in [0.15, 0.2) is 5.84 Å². The number of halogens is 1. The van der Waals surface area contributed by atoms with Gasteiger partial charge < -0.3 is 10.8 Å². The number of aromatic nitrogens is 4. The van der Waals surface area contributed by atoms with Crippen LogP contribution in [0.4, 0.5) is 4.79 Å². The van der Waals surface area contributed by atoms with E-state index in [0.717, 1.165) is 0 Å². The normalized spacial score (nSPS) is 11.6. The number of carbonyl (C=O) groups is 1. The minimum Gasteiger partial charge on any atom is -0.463 e. The highest BCUT2D eigenvalue weighted by Crippen LogP contribution is 2.27. The fourth-order valence-corrected chi connectivity index (χ4v) is 2.26. The molecule has 0 aliphatic rings. The molecule has 1 aromatic carbocycles. The van der Waals surface area contributed by atoms with Crippen LogP contribution in [-0.2, 0) is 0 Å². The molecule has 3 N–H and O–H groups in total. The molecule has 8 nitrogen and oxygen atoms in total. The number of rotatable bonds is 2. The van der Waals surface area contributed by atoms with Crippen LogP contribution in [0.3, 0.4) is 0 Å². The molecule has 23 heavy (non-hydrogen) atoms. The van der Waals surface area contributed by atoms with E-state index in [1.165, 1.54) is 12.4 Å². The molecule has 0 bridgehead atoms. The average Bonchev–Trinajstić information content (AvgIpc) is 2.54. The molecule has 2 heterocycles. The van der Waals surface area contributed by atoms with Crippen LogP contribution >= 0.6 is 11.6 Å². The van der Waals surface area contributed by atoms with Crippen LogP contribution in [0.15, 0.2) is 41.9 Å². The van der Waals surface area contributed by atoms with E-state index in [0.29, 0.717) is 27.3 Å². The van der Waals surface area contributed by atoms with Gasteiger partial charge in [-0.1, -0.05) is 11.6 Å². The third-order valence-corrected chi connectivity index (χ3v) is 3.26. The molecule has 1 amide bonds. The number of hydrogen-bond acceptors (Lipinski definition) is 5. The lowest BCUT2D eigenvalue weighted by molar-refractivity contribution is 0.205. The van der Waals surface area contributed by atoms with E-state index >= 15 is 0 Å². The van der Waals surface area contributed by atoms with E-state index in [-0.39, 0.29) is 11.5 Å². The van der Waals surface area contributed by atoms with Crippen molar-refractivity contribution in [1.82, 2.24) is 19.9 Å². The van der Waals surface area contributed by atoms with Crippen LogP contribution in [0.1, 0.15) is 5.69 Å². The Kier molecular flexibility index (Phi) is 3.82. The van der Waals surface area contributed by atoms with Gasteiger partial charge in [-0.3, -0.25) is 9.97 Å². The Morgan fingerprint density at radius 2 is 1.91 bits per heavy atom. The van der Waals surface area contributed by atoms with Crippen molar-refractivity contribution in [2.75, 3.05) is 0 Å². The number of amides is 1. The summed E-state index contributed by atoms with van der Waals surface area (Å²) in [5.41, 5.74) is 8.17. The predicted octanol–water partition coefficient (Wildman–Crippen LogP) is 2.12. The second-order valence-electron chi connectivity index (χ2n) is 4.45. The van der Waals surface area contributed by atoms with Crippen LogP contribution < -0.4 is 5.73 Å². The maximum absolute atomic E-state index is 10.6. The molecule has 0 unspecified atom stereocenters. The molecule has 0 saturated carbocycles. The molecule has 0 spiro atoms. The van der Waals surface area contributed by atoms with Crippen LogP contribution in [0.2, 0.25) is 5.02 Å². The number of aliphatic imine (C=N–C) groups is 1. The first-order valence-electron chi connectivity index (χ1n) is 6.35. The summed E-state index contributed by atoms with van der Waals surface area (Å²) in [6, 6.07) is 4.98. The van der Waals surface area contributed by atoms with Gasteiger partial charge in [0.05, 0.1) is 16.2 Å².